The molecule has 0 spiro atoms. The van der Waals surface area contributed by atoms with E-state index in [0.29, 0.717) is 0 Å². The Morgan fingerprint density at radius 1 is 1.44 bits per heavy atom. The highest BCUT2D eigenvalue weighted by Crippen LogP contribution is 2.13. The Hall–Kier alpha value is -0.940. The molecule has 5 nitrogen and oxygen atoms in total. The van der Waals surface area contributed by atoms with E-state index in [2.05, 4.69) is 34.3 Å². The molecular weight excluding hydrogens is 226 g/mol. The van der Waals surface area contributed by atoms with E-state index in [1.165, 1.54) is 32.5 Å². The van der Waals surface area contributed by atoms with E-state index in [9.17, 15) is 0 Å². The summed E-state index contributed by atoms with van der Waals surface area (Å²) < 4.78 is 2.03. The Labute approximate surface area is 110 Å². The summed E-state index contributed by atoms with van der Waals surface area (Å²) in [5.41, 5.74) is 0. The summed E-state index contributed by atoms with van der Waals surface area (Å²) in [4.78, 5) is 6.75. The van der Waals surface area contributed by atoms with Gasteiger partial charge in [-0.1, -0.05) is 6.92 Å². The SMILES string of the molecule is CCCn1ncnc1CN(C)CC1CCNCC1. The van der Waals surface area contributed by atoms with E-state index in [0.717, 1.165) is 31.3 Å². The van der Waals surface area contributed by atoms with Gasteiger partial charge in [-0.2, -0.15) is 5.10 Å². The minimum absolute atomic E-state index is 0.832. The number of nitrogens with zero attached hydrogens (tertiary/aromatic N) is 4. The number of aryl methyl sites for hydroxylation is 1. The number of aromatic nitrogens is 3. The molecule has 0 bridgehead atoms. The van der Waals surface area contributed by atoms with E-state index >= 15 is 0 Å². The first-order valence-corrected chi connectivity index (χ1v) is 7.05. The summed E-state index contributed by atoms with van der Waals surface area (Å²) in [6, 6.07) is 0. The molecule has 0 saturated carbocycles. The van der Waals surface area contributed by atoms with E-state index in [-0.39, 0.29) is 0 Å². The predicted molar refractivity (Wildman–Crippen MR) is 72.2 cm³/mol. The van der Waals surface area contributed by atoms with Crippen LogP contribution < -0.4 is 5.32 Å². The van der Waals surface area contributed by atoms with E-state index in [4.69, 9.17) is 0 Å². The van der Waals surface area contributed by atoms with Crippen molar-refractivity contribution in [3.63, 3.8) is 0 Å². The lowest BCUT2D eigenvalue weighted by atomic mass is 9.98. The highest BCUT2D eigenvalue weighted by atomic mass is 15.3. The van der Waals surface area contributed by atoms with Gasteiger partial charge in [0.15, 0.2) is 0 Å². The lowest BCUT2D eigenvalue weighted by molar-refractivity contribution is 0.227. The first-order valence-electron chi connectivity index (χ1n) is 7.05. The number of nitrogens with one attached hydrogen (secondary N) is 1. The largest absolute Gasteiger partial charge is 0.317 e. The van der Waals surface area contributed by atoms with Gasteiger partial charge >= 0.3 is 0 Å². The van der Waals surface area contributed by atoms with Crippen molar-refractivity contribution in [3.05, 3.63) is 12.2 Å². The van der Waals surface area contributed by atoms with Crippen LogP contribution in [0.3, 0.4) is 0 Å². The maximum absolute atomic E-state index is 4.37. The Kier molecular flexibility index (Phi) is 5.13. The molecular formula is C13H25N5. The monoisotopic (exact) mass is 251 g/mol. The van der Waals surface area contributed by atoms with Crippen molar-refractivity contribution in [1.82, 2.24) is 25.0 Å². The normalized spacial score (nSPS) is 17.5. The molecule has 0 aromatic carbocycles. The second-order valence-electron chi connectivity index (χ2n) is 5.29. The number of hydrogen-bond acceptors (Lipinski definition) is 4. The van der Waals surface area contributed by atoms with Gasteiger partial charge < -0.3 is 5.32 Å². The molecule has 18 heavy (non-hydrogen) atoms. The summed E-state index contributed by atoms with van der Waals surface area (Å²) in [5, 5.41) is 7.69. The van der Waals surface area contributed by atoms with Gasteiger partial charge in [0.2, 0.25) is 0 Å². The van der Waals surface area contributed by atoms with Crippen molar-refractivity contribution < 1.29 is 0 Å². The highest BCUT2D eigenvalue weighted by molar-refractivity contribution is 4.85. The Morgan fingerprint density at radius 3 is 2.94 bits per heavy atom. The standard InChI is InChI=1S/C13H25N5/c1-3-8-18-13(15-11-16-18)10-17(2)9-12-4-6-14-7-5-12/h11-12,14H,3-10H2,1-2H3. The molecule has 1 aliphatic heterocycles. The van der Waals surface area contributed by atoms with Crippen LogP contribution in [0.1, 0.15) is 32.0 Å². The second-order valence-corrected chi connectivity index (χ2v) is 5.29. The van der Waals surface area contributed by atoms with Gasteiger partial charge in [-0.25, -0.2) is 9.67 Å². The quantitative estimate of drug-likeness (QED) is 0.823. The van der Waals surface area contributed by atoms with Crippen LogP contribution in [0.25, 0.3) is 0 Å². The minimum Gasteiger partial charge on any atom is -0.317 e. The number of rotatable bonds is 6. The van der Waals surface area contributed by atoms with Crippen LogP contribution >= 0.6 is 0 Å². The molecule has 2 heterocycles. The predicted octanol–water partition coefficient (Wildman–Crippen LogP) is 1.12. The fraction of sp³-hybridized carbons (Fsp3) is 0.846. The molecule has 1 saturated heterocycles. The molecule has 2 rings (SSSR count). The third-order valence-corrected chi connectivity index (χ3v) is 3.57. The van der Waals surface area contributed by atoms with E-state index in [1.807, 2.05) is 4.68 Å². The third kappa shape index (κ3) is 3.78. The van der Waals surface area contributed by atoms with Gasteiger partial charge in [-0.15, -0.1) is 0 Å². The molecule has 5 heteroatoms. The molecule has 1 fully saturated rings. The van der Waals surface area contributed by atoms with Crippen LogP contribution in [0.4, 0.5) is 0 Å². The molecule has 0 radical (unpaired) electrons. The van der Waals surface area contributed by atoms with Gasteiger partial charge in [0.1, 0.15) is 12.2 Å². The molecule has 1 aromatic rings. The highest BCUT2D eigenvalue weighted by Gasteiger charge is 2.16. The van der Waals surface area contributed by atoms with Gasteiger partial charge in [-0.05, 0) is 45.3 Å². The second kappa shape index (κ2) is 6.85. The molecule has 0 amide bonds. The maximum Gasteiger partial charge on any atom is 0.140 e. The Balaban J connectivity index is 1.82. The first kappa shape index (κ1) is 13.5. The zero-order valence-electron chi connectivity index (χ0n) is 11.6. The average molecular weight is 251 g/mol. The lowest BCUT2D eigenvalue weighted by Gasteiger charge is -2.27. The molecule has 1 aliphatic rings. The van der Waals surface area contributed by atoms with Gasteiger partial charge in [0.25, 0.3) is 0 Å². The zero-order chi connectivity index (χ0) is 12.8. The van der Waals surface area contributed by atoms with Crippen LogP contribution in [0, 0.1) is 5.92 Å². The molecule has 0 atom stereocenters. The fourth-order valence-corrected chi connectivity index (χ4v) is 2.62. The Bertz CT molecular complexity index is 343. The summed E-state index contributed by atoms with van der Waals surface area (Å²) in [5.74, 6) is 1.92. The van der Waals surface area contributed by atoms with E-state index in [1.54, 1.807) is 6.33 Å². The van der Waals surface area contributed by atoms with Crippen molar-refractivity contribution in [2.24, 2.45) is 5.92 Å². The summed E-state index contributed by atoms with van der Waals surface area (Å²) in [6.45, 7) is 7.56. The van der Waals surface area contributed by atoms with Crippen LogP contribution in [-0.4, -0.2) is 46.3 Å². The van der Waals surface area contributed by atoms with Gasteiger partial charge in [0, 0.05) is 13.1 Å². The average Bonchev–Trinajstić information content (AvgIpc) is 2.78. The topological polar surface area (TPSA) is 46.0 Å². The van der Waals surface area contributed by atoms with Crippen molar-refractivity contribution in [3.8, 4) is 0 Å². The maximum atomic E-state index is 4.37. The van der Waals surface area contributed by atoms with Gasteiger partial charge in [0.05, 0.1) is 6.54 Å². The summed E-state index contributed by atoms with van der Waals surface area (Å²) in [7, 11) is 2.19. The Morgan fingerprint density at radius 2 is 2.22 bits per heavy atom. The van der Waals surface area contributed by atoms with Crippen molar-refractivity contribution in [1.29, 1.82) is 0 Å². The van der Waals surface area contributed by atoms with E-state index < -0.39 is 0 Å². The van der Waals surface area contributed by atoms with Crippen LogP contribution in [0.2, 0.25) is 0 Å². The number of piperidine rings is 1. The fourth-order valence-electron chi connectivity index (χ4n) is 2.62. The van der Waals surface area contributed by atoms with Crippen molar-refractivity contribution >= 4 is 0 Å². The molecule has 102 valence electrons. The summed E-state index contributed by atoms with van der Waals surface area (Å²) >= 11 is 0. The zero-order valence-corrected chi connectivity index (χ0v) is 11.6. The molecule has 0 aliphatic carbocycles. The van der Waals surface area contributed by atoms with Crippen LogP contribution in [0.5, 0.6) is 0 Å². The van der Waals surface area contributed by atoms with Crippen molar-refractivity contribution in [2.45, 2.75) is 39.3 Å². The minimum atomic E-state index is 0.832. The van der Waals surface area contributed by atoms with Crippen LogP contribution in [0.15, 0.2) is 6.33 Å². The van der Waals surface area contributed by atoms with Crippen molar-refractivity contribution in [2.75, 3.05) is 26.7 Å². The third-order valence-electron chi connectivity index (χ3n) is 3.57. The van der Waals surface area contributed by atoms with Gasteiger partial charge in [-0.3, -0.25) is 4.90 Å². The molecule has 1 aromatic heterocycles. The first-order chi connectivity index (χ1) is 8.79. The number of hydrogen-bond donors (Lipinski definition) is 1. The lowest BCUT2D eigenvalue weighted by Crippen LogP contribution is -2.34. The smallest absolute Gasteiger partial charge is 0.140 e. The molecule has 1 N–H and O–H groups in total. The van der Waals surface area contributed by atoms with Crippen LogP contribution in [-0.2, 0) is 13.1 Å². The summed E-state index contributed by atoms with van der Waals surface area (Å²) in [6.07, 6.45) is 5.37. The molecule has 0 unspecified atom stereocenters.